The van der Waals surface area contributed by atoms with Crippen molar-refractivity contribution in [3.05, 3.63) is 83.0 Å². The van der Waals surface area contributed by atoms with Crippen LogP contribution in [-0.2, 0) is 19.2 Å². The zero-order chi connectivity index (χ0) is 19.7. The smallest absolute Gasteiger partial charge is 0.279 e. The molecule has 1 atom stereocenters. The van der Waals surface area contributed by atoms with Gasteiger partial charge in [-0.25, -0.2) is 14.7 Å². The van der Waals surface area contributed by atoms with Gasteiger partial charge in [0.05, 0.1) is 7.11 Å². The van der Waals surface area contributed by atoms with E-state index in [2.05, 4.69) is 10.5 Å². The normalized spacial score (nSPS) is 16.2. The Hall–Kier alpha value is -3.67. The van der Waals surface area contributed by atoms with E-state index in [1.807, 2.05) is 30.3 Å². The predicted molar refractivity (Wildman–Crippen MR) is 99.8 cm³/mol. The summed E-state index contributed by atoms with van der Waals surface area (Å²) in [6.45, 7) is 0. The standard InChI is InChI=1S/C21H15FN2O4/c1-27-24-21(26)19-17(11-25)28-20(12-6-3-2-4-7-12)18(19)16-10-13-14(22)8-5-9-15(13)23-16/h2-10,20,23H,1H3,(H,24,26). The maximum Gasteiger partial charge on any atom is 0.279 e. The Bertz CT molecular complexity index is 1140. The van der Waals surface area contributed by atoms with Gasteiger partial charge in [-0.3, -0.25) is 9.63 Å². The number of aromatic nitrogens is 1. The summed E-state index contributed by atoms with van der Waals surface area (Å²) in [7, 11) is 1.28. The van der Waals surface area contributed by atoms with Crippen LogP contribution in [0.15, 0.2) is 65.9 Å². The molecule has 0 bridgehead atoms. The number of carbonyl (C=O) groups is 1. The molecule has 1 aromatic heterocycles. The summed E-state index contributed by atoms with van der Waals surface area (Å²) in [6, 6.07) is 15.4. The number of hydrogen-bond donors (Lipinski definition) is 2. The number of carbonyl (C=O) groups excluding carboxylic acids is 2. The predicted octanol–water partition coefficient (Wildman–Crippen LogP) is 3.23. The molecule has 0 spiro atoms. The van der Waals surface area contributed by atoms with Gasteiger partial charge >= 0.3 is 0 Å². The van der Waals surface area contributed by atoms with Crippen molar-refractivity contribution in [2.45, 2.75) is 6.10 Å². The highest BCUT2D eigenvalue weighted by molar-refractivity contribution is 6.08. The molecule has 3 aromatic rings. The van der Waals surface area contributed by atoms with Gasteiger partial charge in [0.1, 0.15) is 11.4 Å². The van der Waals surface area contributed by atoms with E-state index in [1.54, 1.807) is 24.1 Å². The van der Waals surface area contributed by atoms with Crippen LogP contribution in [0.5, 0.6) is 0 Å². The van der Waals surface area contributed by atoms with Gasteiger partial charge in [-0.2, -0.15) is 0 Å². The number of aromatic amines is 1. The topological polar surface area (TPSA) is 80.4 Å². The third kappa shape index (κ3) is 2.89. The van der Waals surface area contributed by atoms with E-state index in [9.17, 15) is 14.0 Å². The summed E-state index contributed by atoms with van der Waals surface area (Å²) in [5.41, 5.74) is 4.33. The van der Waals surface area contributed by atoms with E-state index in [-0.39, 0.29) is 11.3 Å². The molecule has 2 heterocycles. The number of hydrogen-bond acceptors (Lipinski definition) is 4. The number of amides is 1. The molecule has 1 aliphatic rings. The van der Waals surface area contributed by atoms with Crippen molar-refractivity contribution in [2.75, 3.05) is 7.11 Å². The first kappa shape index (κ1) is 17.7. The van der Waals surface area contributed by atoms with E-state index in [4.69, 9.17) is 9.57 Å². The number of rotatable bonds is 4. The highest BCUT2D eigenvalue weighted by Gasteiger charge is 2.38. The first-order chi connectivity index (χ1) is 13.6. The molecule has 2 N–H and O–H groups in total. The summed E-state index contributed by atoms with van der Waals surface area (Å²) >= 11 is 0. The maximum absolute atomic E-state index is 14.2. The van der Waals surface area contributed by atoms with Gasteiger partial charge in [0.15, 0.2) is 12.0 Å². The summed E-state index contributed by atoms with van der Waals surface area (Å²) in [6.07, 6.45) is -0.744. The Morgan fingerprint density at radius 1 is 1.21 bits per heavy atom. The lowest BCUT2D eigenvalue weighted by atomic mass is 9.95. The van der Waals surface area contributed by atoms with Gasteiger partial charge in [-0.05, 0) is 23.8 Å². The average molecular weight is 378 g/mol. The minimum atomic E-state index is -0.744. The van der Waals surface area contributed by atoms with Crippen molar-refractivity contribution in [1.82, 2.24) is 10.5 Å². The second-order valence-corrected chi connectivity index (χ2v) is 6.15. The summed E-state index contributed by atoms with van der Waals surface area (Å²) in [5, 5.41) is 0.367. The molecule has 7 heteroatoms. The number of benzene rings is 2. The quantitative estimate of drug-likeness (QED) is 0.540. The van der Waals surface area contributed by atoms with Crippen LogP contribution >= 0.6 is 0 Å². The van der Waals surface area contributed by atoms with Crippen molar-refractivity contribution in [1.29, 1.82) is 0 Å². The molecule has 28 heavy (non-hydrogen) atoms. The van der Waals surface area contributed by atoms with E-state index in [0.717, 1.165) is 5.56 Å². The molecule has 0 fully saturated rings. The highest BCUT2D eigenvalue weighted by Crippen LogP contribution is 2.45. The largest absolute Gasteiger partial charge is 0.469 e. The van der Waals surface area contributed by atoms with Crippen LogP contribution < -0.4 is 5.48 Å². The number of H-pyrrole nitrogens is 1. The van der Waals surface area contributed by atoms with E-state index >= 15 is 0 Å². The molecule has 1 amide bonds. The van der Waals surface area contributed by atoms with Crippen molar-refractivity contribution in [3.8, 4) is 0 Å². The molecule has 1 aliphatic heterocycles. The Morgan fingerprint density at radius 2 is 2.00 bits per heavy atom. The lowest BCUT2D eigenvalue weighted by molar-refractivity contribution is -0.127. The SMILES string of the molecule is CONC(=O)C1=C(c2cc3c(F)cccc3[nH]2)C(c2ccccc2)OC1=C=O. The average Bonchev–Trinajstić information content (AvgIpc) is 3.31. The molecule has 0 saturated heterocycles. The fourth-order valence-electron chi connectivity index (χ4n) is 3.34. The Balaban J connectivity index is 1.98. The zero-order valence-electron chi connectivity index (χ0n) is 14.8. The molecule has 6 nitrogen and oxygen atoms in total. The summed E-state index contributed by atoms with van der Waals surface area (Å²) in [5.74, 6) is 0.385. The molecule has 2 aromatic carbocycles. The van der Waals surface area contributed by atoms with Crippen LogP contribution in [0, 0.1) is 5.82 Å². The monoisotopic (exact) mass is 378 g/mol. The van der Waals surface area contributed by atoms with E-state index in [0.29, 0.717) is 22.2 Å². The van der Waals surface area contributed by atoms with Gasteiger partial charge < -0.3 is 9.72 Å². The van der Waals surface area contributed by atoms with Gasteiger partial charge in [-0.1, -0.05) is 36.4 Å². The summed E-state index contributed by atoms with van der Waals surface area (Å²) in [4.78, 5) is 31.9. The second kappa shape index (κ2) is 7.15. The number of ether oxygens (including phenoxy) is 1. The van der Waals surface area contributed by atoms with Gasteiger partial charge in [0.2, 0.25) is 5.76 Å². The number of nitrogens with one attached hydrogen (secondary N) is 2. The second-order valence-electron chi connectivity index (χ2n) is 6.15. The van der Waals surface area contributed by atoms with Crippen molar-refractivity contribution < 1.29 is 23.6 Å². The Kier molecular flexibility index (Phi) is 4.53. The molecular formula is C21H15FN2O4. The maximum atomic E-state index is 14.2. The first-order valence-corrected chi connectivity index (χ1v) is 8.46. The van der Waals surface area contributed by atoms with Crippen molar-refractivity contribution in [2.24, 2.45) is 0 Å². The molecule has 0 saturated carbocycles. The Morgan fingerprint density at radius 3 is 2.68 bits per heavy atom. The number of hydroxylamine groups is 1. The minimum Gasteiger partial charge on any atom is -0.469 e. The molecule has 0 radical (unpaired) electrons. The van der Waals surface area contributed by atoms with Crippen molar-refractivity contribution in [3.63, 3.8) is 0 Å². The fourth-order valence-corrected chi connectivity index (χ4v) is 3.34. The molecule has 1 unspecified atom stereocenters. The highest BCUT2D eigenvalue weighted by atomic mass is 19.1. The van der Waals surface area contributed by atoms with E-state index < -0.39 is 17.8 Å². The van der Waals surface area contributed by atoms with Gasteiger partial charge in [0, 0.05) is 22.2 Å². The molecule has 4 rings (SSSR count). The van der Waals surface area contributed by atoms with Crippen molar-refractivity contribution >= 4 is 28.3 Å². The van der Waals surface area contributed by atoms with E-state index in [1.165, 1.54) is 13.2 Å². The lowest BCUT2D eigenvalue weighted by Gasteiger charge is -2.14. The number of fused-ring (bicyclic) bond motifs is 1. The van der Waals surface area contributed by atoms with Gasteiger partial charge in [0.25, 0.3) is 5.91 Å². The molecule has 140 valence electrons. The van der Waals surface area contributed by atoms with Crippen LogP contribution in [0.2, 0.25) is 0 Å². The van der Waals surface area contributed by atoms with Crippen LogP contribution in [-0.4, -0.2) is 23.9 Å². The fraction of sp³-hybridized carbons (Fsp3) is 0.0952. The van der Waals surface area contributed by atoms with Crippen LogP contribution in [0.25, 0.3) is 16.5 Å². The molecule has 0 aliphatic carbocycles. The lowest BCUT2D eigenvalue weighted by Crippen LogP contribution is -2.24. The van der Waals surface area contributed by atoms with Crippen LogP contribution in [0.3, 0.4) is 0 Å². The van der Waals surface area contributed by atoms with Crippen LogP contribution in [0.1, 0.15) is 17.4 Å². The zero-order valence-corrected chi connectivity index (χ0v) is 14.8. The Labute approximate surface area is 159 Å². The number of halogens is 1. The van der Waals surface area contributed by atoms with Gasteiger partial charge in [-0.15, -0.1) is 0 Å². The molecular weight excluding hydrogens is 363 g/mol. The first-order valence-electron chi connectivity index (χ1n) is 8.46. The third-order valence-corrected chi connectivity index (χ3v) is 4.51. The summed E-state index contributed by atoms with van der Waals surface area (Å²) < 4.78 is 20.0. The minimum absolute atomic E-state index is 0.0160. The van der Waals surface area contributed by atoms with Crippen LogP contribution in [0.4, 0.5) is 4.39 Å². The third-order valence-electron chi connectivity index (χ3n) is 4.51.